The van der Waals surface area contributed by atoms with Crippen LogP contribution < -0.4 is 26.2 Å². The van der Waals surface area contributed by atoms with Gasteiger partial charge >= 0.3 is 0 Å². The van der Waals surface area contributed by atoms with Gasteiger partial charge in [-0.2, -0.15) is 0 Å². The summed E-state index contributed by atoms with van der Waals surface area (Å²) in [5.74, 6) is 0. The molecule has 1 saturated carbocycles. The number of hydrogen-bond acceptors (Lipinski definition) is 2. The lowest BCUT2D eigenvalue weighted by Gasteiger charge is -2.50. The van der Waals surface area contributed by atoms with Crippen molar-refractivity contribution in [3.05, 3.63) is 194 Å². The Kier molecular flexibility index (Phi) is 7.57. The maximum atomic E-state index is 2.76. The van der Waals surface area contributed by atoms with Gasteiger partial charge in [0.05, 0.1) is 5.54 Å². The Labute approximate surface area is 348 Å². The molecular weight excluding hydrogens is 711 g/mol. The summed E-state index contributed by atoms with van der Waals surface area (Å²) >= 11 is 0. The Bertz CT molecular complexity index is 2920. The summed E-state index contributed by atoms with van der Waals surface area (Å²) in [6, 6.07) is 70.6. The minimum absolute atomic E-state index is 0.0484. The molecule has 8 aromatic carbocycles. The number of hydrogen-bond donors (Lipinski definition) is 0. The summed E-state index contributed by atoms with van der Waals surface area (Å²) in [5, 5.41) is 0. The first-order chi connectivity index (χ1) is 29.0. The fourth-order valence-electron chi connectivity index (χ4n) is 11.5. The average molecular weight is 757 g/mol. The van der Waals surface area contributed by atoms with Gasteiger partial charge in [-0.25, -0.2) is 0 Å². The third kappa shape index (κ3) is 5.01. The van der Waals surface area contributed by atoms with Crippen LogP contribution in [0.1, 0.15) is 45.1 Å². The van der Waals surface area contributed by atoms with Crippen LogP contribution in [0.3, 0.4) is 0 Å². The van der Waals surface area contributed by atoms with Crippen LogP contribution in [-0.2, 0) is 5.41 Å². The number of fused-ring (bicyclic) bond motifs is 8. The van der Waals surface area contributed by atoms with Gasteiger partial charge in [-0.3, -0.25) is 0 Å². The third-order valence-electron chi connectivity index (χ3n) is 14.6. The second-order valence-electron chi connectivity index (χ2n) is 17.6. The predicted octanol–water partition coefficient (Wildman–Crippen LogP) is 12.7. The highest BCUT2D eigenvalue weighted by atomic mass is 15.3. The highest BCUT2D eigenvalue weighted by molar-refractivity contribution is 7.01. The van der Waals surface area contributed by atoms with E-state index in [-0.39, 0.29) is 17.7 Å². The van der Waals surface area contributed by atoms with Crippen LogP contribution in [0.5, 0.6) is 0 Å². The lowest BCUT2D eigenvalue weighted by molar-refractivity contribution is 0.195. The first kappa shape index (κ1) is 34.5. The number of benzene rings is 8. The van der Waals surface area contributed by atoms with Crippen molar-refractivity contribution in [3.8, 4) is 44.5 Å². The van der Waals surface area contributed by atoms with Crippen molar-refractivity contribution < 1.29 is 0 Å². The van der Waals surface area contributed by atoms with Crippen molar-refractivity contribution in [2.45, 2.75) is 50.5 Å². The molecule has 0 amide bonds. The molecule has 2 atom stereocenters. The molecule has 2 unspecified atom stereocenters. The second-order valence-corrected chi connectivity index (χ2v) is 17.6. The van der Waals surface area contributed by atoms with Gasteiger partial charge < -0.3 is 9.80 Å². The Balaban J connectivity index is 1.13. The molecule has 0 spiro atoms. The SMILES string of the molecule is CC12CCCCC1(C)N(c1cc3c4c(c1)N(c1ccc(-c5ccccc5)cc1)c1ccc(-c5ccccc5)cc1B4c1cc(-c4ccccc4)ccc1-3)c1ccccc12. The summed E-state index contributed by atoms with van der Waals surface area (Å²) in [7, 11) is 0. The minimum atomic E-state index is -0.0484. The molecule has 4 aliphatic rings. The normalized spacial score (nSPS) is 19.5. The Morgan fingerprint density at radius 1 is 0.424 bits per heavy atom. The molecular formula is C56H45BN2. The highest BCUT2D eigenvalue weighted by Crippen LogP contribution is 2.61. The lowest BCUT2D eigenvalue weighted by Crippen LogP contribution is -2.55. The van der Waals surface area contributed by atoms with Crippen LogP contribution >= 0.6 is 0 Å². The molecule has 282 valence electrons. The van der Waals surface area contributed by atoms with Crippen molar-refractivity contribution in [1.82, 2.24) is 0 Å². The first-order valence-corrected chi connectivity index (χ1v) is 21.4. The molecule has 2 nitrogen and oxygen atoms in total. The molecule has 0 saturated heterocycles. The number of nitrogens with zero attached hydrogens (tertiary/aromatic N) is 2. The minimum Gasteiger partial charge on any atom is -0.334 e. The predicted molar refractivity (Wildman–Crippen MR) is 250 cm³/mol. The smallest absolute Gasteiger partial charge is 0.248 e. The van der Waals surface area contributed by atoms with E-state index in [1.807, 2.05) is 0 Å². The molecule has 1 fully saturated rings. The number of para-hydroxylation sites is 1. The molecule has 0 aromatic heterocycles. The molecule has 0 N–H and O–H groups in total. The highest BCUT2D eigenvalue weighted by Gasteiger charge is 2.58. The van der Waals surface area contributed by atoms with Crippen LogP contribution in [0.2, 0.25) is 0 Å². The fraction of sp³-hybridized carbons (Fsp3) is 0.143. The molecule has 59 heavy (non-hydrogen) atoms. The van der Waals surface area contributed by atoms with E-state index in [1.165, 1.54) is 121 Å². The van der Waals surface area contributed by atoms with E-state index in [0.717, 1.165) is 0 Å². The van der Waals surface area contributed by atoms with Gasteiger partial charge in [-0.1, -0.05) is 177 Å². The van der Waals surface area contributed by atoms with E-state index in [1.54, 1.807) is 0 Å². The van der Waals surface area contributed by atoms with Crippen LogP contribution in [-0.4, -0.2) is 12.3 Å². The summed E-state index contributed by atoms with van der Waals surface area (Å²) < 4.78 is 0. The number of anilines is 5. The van der Waals surface area contributed by atoms with E-state index in [0.29, 0.717) is 0 Å². The molecule has 12 rings (SSSR count). The van der Waals surface area contributed by atoms with E-state index in [4.69, 9.17) is 0 Å². The van der Waals surface area contributed by atoms with Crippen molar-refractivity contribution in [1.29, 1.82) is 0 Å². The largest absolute Gasteiger partial charge is 0.334 e. The van der Waals surface area contributed by atoms with Gasteiger partial charge in [0.25, 0.3) is 0 Å². The molecule has 0 bridgehead atoms. The van der Waals surface area contributed by atoms with Crippen LogP contribution in [0, 0.1) is 0 Å². The second kappa shape index (κ2) is 13.0. The quantitative estimate of drug-likeness (QED) is 0.161. The zero-order valence-electron chi connectivity index (χ0n) is 33.7. The molecule has 8 aromatic rings. The maximum absolute atomic E-state index is 2.76. The monoisotopic (exact) mass is 756 g/mol. The van der Waals surface area contributed by atoms with E-state index < -0.39 is 0 Å². The van der Waals surface area contributed by atoms with Gasteiger partial charge in [0.2, 0.25) is 6.71 Å². The summed E-state index contributed by atoms with van der Waals surface area (Å²) in [4.78, 5) is 5.33. The van der Waals surface area contributed by atoms with E-state index in [9.17, 15) is 0 Å². The van der Waals surface area contributed by atoms with Crippen molar-refractivity contribution >= 4 is 51.5 Å². The Hall–Kier alpha value is -6.58. The average Bonchev–Trinajstić information content (AvgIpc) is 3.73. The van der Waals surface area contributed by atoms with Gasteiger partial charge in [-0.05, 0) is 117 Å². The van der Waals surface area contributed by atoms with Crippen LogP contribution in [0.4, 0.5) is 28.4 Å². The summed E-state index contributed by atoms with van der Waals surface area (Å²) in [6.45, 7) is 5.18. The van der Waals surface area contributed by atoms with Crippen LogP contribution in [0.15, 0.2) is 188 Å². The van der Waals surface area contributed by atoms with Gasteiger partial charge in [0.15, 0.2) is 0 Å². The maximum Gasteiger partial charge on any atom is 0.248 e. The first-order valence-electron chi connectivity index (χ1n) is 21.4. The van der Waals surface area contributed by atoms with Gasteiger partial charge in [0, 0.05) is 33.9 Å². The van der Waals surface area contributed by atoms with Gasteiger partial charge in [0.1, 0.15) is 0 Å². The molecule has 0 radical (unpaired) electrons. The Morgan fingerprint density at radius 3 is 1.68 bits per heavy atom. The van der Waals surface area contributed by atoms with E-state index in [2.05, 4.69) is 212 Å². The topological polar surface area (TPSA) is 6.48 Å². The van der Waals surface area contributed by atoms with Gasteiger partial charge in [-0.15, -0.1) is 0 Å². The molecule has 1 aliphatic carbocycles. The molecule has 3 heterocycles. The molecule has 3 heteroatoms. The third-order valence-corrected chi connectivity index (χ3v) is 14.6. The Morgan fingerprint density at radius 2 is 0.983 bits per heavy atom. The van der Waals surface area contributed by atoms with Crippen molar-refractivity contribution in [2.24, 2.45) is 0 Å². The fourth-order valence-corrected chi connectivity index (χ4v) is 11.5. The lowest BCUT2D eigenvalue weighted by atomic mass is 9.37. The molecule has 3 aliphatic heterocycles. The summed E-state index contributed by atoms with van der Waals surface area (Å²) in [6.07, 6.45) is 4.90. The zero-order valence-corrected chi connectivity index (χ0v) is 33.7. The van der Waals surface area contributed by atoms with Crippen LogP contribution in [0.25, 0.3) is 44.5 Å². The summed E-state index contributed by atoms with van der Waals surface area (Å²) in [5.41, 5.74) is 22.1. The number of rotatable bonds is 5. The zero-order chi connectivity index (χ0) is 39.3. The van der Waals surface area contributed by atoms with Crippen molar-refractivity contribution in [3.63, 3.8) is 0 Å². The standard InChI is InChI=1S/C56H45BN2/c1-55-32-14-15-33-56(55,2)59(51-23-13-12-22-48(51)55)45-36-47-46-30-26-42(39-18-8-4-9-19-39)34-49(46)57-50-35-43(40-20-10-5-11-21-40)27-31-52(50)58(53(37-45)54(47)57)44-28-24-41(25-29-44)38-16-6-3-7-17-38/h3-13,16-31,34-37H,14-15,32-33H2,1-2H3. The van der Waals surface area contributed by atoms with Crippen molar-refractivity contribution in [2.75, 3.05) is 9.80 Å². The van der Waals surface area contributed by atoms with E-state index >= 15 is 0 Å².